The number of hydrogen-bond acceptors (Lipinski definition) is 7. The summed E-state index contributed by atoms with van der Waals surface area (Å²) < 4.78 is 7.07. The van der Waals surface area contributed by atoms with E-state index in [-0.39, 0.29) is 12.0 Å². The van der Waals surface area contributed by atoms with Crippen molar-refractivity contribution in [2.45, 2.75) is 13.3 Å². The molecular weight excluding hydrogens is 390 g/mol. The van der Waals surface area contributed by atoms with E-state index < -0.39 is 5.97 Å². The second-order valence-electron chi connectivity index (χ2n) is 6.21. The Morgan fingerprint density at radius 2 is 2.03 bits per heavy atom. The Bertz CT molecular complexity index is 1240. The van der Waals surface area contributed by atoms with E-state index in [9.17, 15) is 9.59 Å². The number of carbonyl (C=O) groups excluding carboxylic acids is 1. The minimum Gasteiger partial charge on any atom is -0.469 e. The number of H-pyrrole nitrogens is 1. The minimum atomic E-state index is -0.463. The van der Waals surface area contributed by atoms with Gasteiger partial charge in [-0.1, -0.05) is 29.5 Å². The largest absolute Gasteiger partial charge is 0.469 e. The molecule has 0 spiro atoms. The molecule has 1 N–H and O–H groups in total. The molecule has 29 heavy (non-hydrogen) atoms. The van der Waals surface area contributed by atoms with Gasteiger partial charge in [-0.15, -0.1) is 0 Å². The highest BCUT2D eigenvalue weighted by atomic mass is 32.1. The Balaban J connectivity index is 1.86. The van der Waals surface area contributed by atoms with Crippen LogP contribution in [-0.4, -0.2) is 38.5 Å². The maximum absolute atomic E-state index is 13.2. The first-order valence-electron chi connectivity index (χ1n) is 8.80. The molecule has 0 amide bonds. The average molecular weight is 407 g/mol. The molecule has 0 radical (unpaired) electrons. The number of fused-ring (bicyclic) bond motifs is 1. The van der Waals surface area contributed by atoms with Gasteiger partial charge in [0.25, 0.3) is 5.56 Å². The van der Waals surface area contributed by atoms with Crippen LogP contribution in [-0.2, 0) is 16.0 Å². The standard InChI is InChI=1S/C20H17N5O3S/c1-12(22-16-9-5-6-10-21-16)18-14(11-17(26)28-2)24-25(19(18)27)20-23-13-7-3-4-8-15(13)29-20/h3-10,24H,11H2,1-2H3/b22-12+. The molecule has 146 valence electrons. The fourth-order valence-corrected chi connectivity index (χ4v) is 3.86. The molecule has 1 aromatic carbocycles. The van der Waals surface area contributed by atoms with Crippen LogP contribution < -0.4 is 5.56 Å². The first-order valence-corrected chi connectivity index (χ1v) is 9.62. The van der Waals surface area contributed by atoms with Gasteiger partial charge in [-0.3, -0.25) is 14.7 Å². The van der Waals surface area contributed by atoms with Crippen molar-refractivity contribution in [3.8, 4) is 5.13 Å². The highest BCUT2D eigenvalue weighted by Crippen LogP contribution is 2.24. The predicted molar refractivity (Wildman–Crippen MR) is 111 cm³/mol. The number of aliphatic imine (C=N–C) groups is 1. The van der Waals surface area contributed by atoms with Crippen molar-refractivity contribution >= 4 is 39.1 Å². The maximum atomic E-state index is 13.2. The van der Waals surface area contributed by atoms with Gasteiger partial charge < -0.3 is 4.74 Å². The lowest BCUT2D eigenvalue weighted by Crippen LogP contribution is -2.20. The second kappa shape index (κ2) is 7.80. The third-order valence-corrected chi connectivity index (χ3v) is 5.30. The summed E-state index contributed by atoms with van der Waals surface area (Å²) in [5.41, 5.74) is 1.63. The lowest BCUT2D eigenvalue weighted by atomic mass is 10.1. The van der Waals surface area contributed by atoms with Crippen molar-refractivity contribution in [2.24, 2.45) is 4.99 Å². The number of nitrogens with zero attached hydrogens (tertiary/aromatic N) is 4. The summed E-state index contributed by atoms with van der Waals surface area (Å²) >= 11 is 1.38. The van der Waals surface area contributed by atoms with E-state index >= 15 is 0 Å². The van der Waals surface area contributed by atoms with Gasteiger partial charge in [0.05, 0.1) is 40.7 Å². The molecule has 3 aromatic heterocycles. The number of rotatable bonds is 5. The highest BCUT2D eigenvalue weighted by Gasteiger charge is 2.22. The van der Waals surface area contributed by atoms with Crippen molar-refractivity contribution in [3.05, 3.63) is 70.3 Å². The summed E-state index contributed by atoms with van der Waals surface area (Å²) in [5, 5.41) is 3.49. The zero-order valence-corrected chi connectivity index (χ0v) is 16.6. The molecule has 0 aliphatic rings. The van der Waals surface area contributed by atoms with Crippen molar-refractivity contribution in [3.63, 3.8) is 0 Å². The van der Waals surface area contributed by atoms with E-state index in [1.807, 2.05) is 30.3 Å². The van der Waals surface area contributed by atoms with Crippen LogP contribution in [0.2, 0.25) is 0 Å². The molecule has 0 aliphatic carbocycles. The van der Waals surface area contributed by atoms with Crippen LogP contribution in [0.5, 0.6) is 0 Å². The number of para-hydroxylation sites is 1. The van der Waals surface area contributed by atoms with Gasteiger partial charge in [0, 0.05) is 6.20 Å². The number of hydrogen-bond donors (Lipinski definition) is 1. The number of ether oxygens (including phenoxy) is 1. The molecule has 9 heteroatoms. The first kappa shape index (κ1) is 18.8. The summed E-state index contributed by atoms with van der Waals surface area (Å²) in [6.07, 6.45) is 1.53. The van der Waals surface area contributed by atoms with Gasteiger partial charge in [-0.2, -0.15) is 4.68 Å². The van der Waals surface area contributed by atoms with E-state index in [1.165, 1.54) is 23.1 Å². The Labute approximate surface area is 169 Å². The summed E-state index contributed by atoms with van der Waals surface area (Å²) in [7, 11) is 1.31. The molecule has 0 bridgehead atoms. The number of benzene rings is 1. The van der Waals surface area contributed by atoms with E-state index in [1.54, 1.807) is 25.3 Å². The van der Waals surface area contributed by atoms with Gasteiger partial charge in [-0.25, -0.2) is 15.0 Å². The number of nitrogens with one attached hydrogen (secondary N) is 1. The summed E-state index contributed by atoms with van der Waals surface area (Å²) in [5.74, 6) is 0.00995. The summed E-state index contributed by atoms with van der Waals surface area (Å²) in [4.78, 5) is 38.2. The summed E-state index contributed by atoms with van der Waals surface area (Å²) in [6.45, 7) is 1.71. The molecular formula is C20H17N5O3S. The van der Waals surface area contributed by atoms with Gasteiger partial charge in [0.1, 0.15) is 0 Å². The van der Waals surface area contributed by atoms with Crippen LogP contribution in [0.1, 0.15) is 18.2 Å². The van der Waals surface area contributed by atoms with Crippen LogP contribution in [0, 0.1) is 0 Å². The SMILES string of the molecule is COC(=O)Cc1[nH]n(-c2nc3ccccc3s2)c(=O)c1/C(C)=N/c1ccccn1. The second-order valence-corrected chi connectivity index (χ2v) is 7.22. The molecule has 4 rings (SSSR count). The minimum absolute atomic E-state index is 0.0892. The molecule has 0 unspecified atom stereocenters. The van der Waals surface area contributed by atoms with Crippen molar-refractivity contribution in [1.82, 2.24) is 19.7 Å². The predicted octanol–water partition coefficient (Wildman–Crippen LogP) is 3.03. The number of aromatic nitrogens is 4. The number of pyridine rings is 1. The van der Waals surface area contributed by atoms with Gasteiger partial charge in [-0.05, 0) is 31.2 Å². The van der Waals surface area contributed by atoms with Crippen LogP contribution in [0.4, 0.5) is 5.82 Å². The molecule has 0 atom stereocenters. The van der Waals surface area contributed by atoms with Crippen LogP contribution in [0.3, 0.4) is 0 Å². The van der Waals surface area contributed by atoms with Gasteiger partial charge in [0.2, 0.25) is 5.13 Å². The molecule has 3 heterocycles. The Hall–Kier alpha value is -3.59. The van der Waals surface area contributed by atoms with Gasteiger partial charge >= 0.3 is 5.97 Å². The zero-order chi connectivity index (χ0) is 20.4. The number of carbonyl (C=O) groups is 1. The quantitative estimate of drug-likeness (QED) is 0.405. The fourth-order valence-electron chi connectivity index (χ4n) is 2.94. The Morgan fingerprint density at radius 1 is 1.24 bits per heavy atom. The van der Waals surface area contributed by atoms with Crippen molar-refractivity contribution in [2.75, 3.05) is 7.11 Å². The lowest BCUT2D eigenvalue weighted by Gasteiger charge is -2.01. The zero-order valence-electron chi connectivity index (χ0n) is 15.7. The molecule has 0 saturated heterocycles. The molecule has 8 nitrogen and oxygen atoms in total. The topological polar surface area (TPSA) is 102 Å². The number of thiazole rings is 1. The number of esters is 1. The third kappa shape index (κ3) is 3.72. The highest BCUT2D eigenvalue weighted by molar-refractivity contribution is 7.20. The third-order valence-electron chi connectivity index (χ3n) is 4.28. The van der Waals surface area contributed by atoms with Crippen LogP contribution in [0.15, 0.2) is 58.4 Å². The summed E-state index contributed by atoms with van der Waals surface area (Å²) in [6, 6.07) is 13.0. The molecule has 0 saturated carbocycles. The Kier molecular flexibility index (Phi) is 5.05. The molecule has 0 fully saturated rings. The fraction of sp³-hybridized carbons (Fsp3) is 0.150. The van der Waals surface area contributed by atoms with E-state index in [0.29, 0.717) is 27.9 Å². The van der Waals surface area contributed by atoms with Crippen molar-refractivity contribution < 1.29 is 9.53 Å². The van der Waals surface area contributed by atoms with E-state index in [2.05, 4.69) is 20.1 Å². The van der Waals surface area contributed by atoms with Crippen LogP contribution in [0.25, 0.3) is 15.3 Å². The average Bonchev–Trinajstić information content (AvgIpc) is 3.29. The first-order chi connectivity index (χ1) is 14.1. The van der Waals surface area contributed by atoms with Crippen LogP contribution >= 0.6 is 11.3 Å². The van der Waals surface area contributed by atoms with E-state index in [4.69, 9.17) is 4.74 Å². The van der Waals surface area contributed by atoms with E-state index in [0.717, 1.165) is 10.2 Å². The number of aromatic amines is 1. The van der Waals surface area contributed by atoms with Crippen molar-refractivity contribution in [1.29, 1.82) is 0 Å². The lowest BCUT2D eigenvalue weighted by molar-refractivity contribution is -0.139. The smallest absolute Gasteiger partial charge is 0.311 e. The maximum Gasteiger partial charge on any atom is 0.311 e. The molecule has 0 aliphatic heterocycles. The Morgan fingerprint density at radius 3 is 2.76 bits per heavy atom. The normalized spacial score (nSPS) is 11.7. The number of methoxy groups -OCH3 is 1. The van der Waals surface area contributed by atoms with Gasteiger partial charge in [0.15, 0.2) is 5.82 Å². The molecule has 4 aromatic rings. The monoisotopic (exact) mass is 407 g/mol.